The van der Waals surface area contributed by atoms with Crippen molar-refractivity contribution in [3.8, 4) is 0 Å². The molecule has 0 amide bonds. The van der Waals surface area contributed by atoms with Crippen LogP contribution < -0.4 is 5.32 Å². The zero-order chi connectivity index (χ0) is 11.4. The highest BCUT2D eigenvalue weighted by molar-refractivity contribution is 7.99. The minimum atomic E-state index is 0.720. The zero-order valence-electron chi connectivity index (χ0n) is 10.2. The Kier molecular flexibility index (Phi) is 4.30. The molecule has 2 heteroatoms. The summed E-state index contributed by atoms with van der Waals surface area (Å²) in [6.07, 6.45) is 2.86. The molecule has 1 saturated carbocycles. The van der Waals surface area contributed by atoms with Gasteiger partial charge in [-0.2, -0.15) is 0 Å². The second-order valence-corrected chi connectivity index (χ2v) is 5.83. The van der Waals surface area contributed by atoms with Gasteiger partial charge >= 0.3 is 0 Å². The Hall–Kier alpha value is -0.470. The topological polar surface area (TPSA) is 12.0 Å². The number of hydrogen-bond donors (Lipinski definition) is 1. The summed E-state index contributed by atoms with van der Waals surface area (Å²) in [5.41, 5.74) is 1.39. The molecule has 0 aromatic heterocycles. The van der Waals surface area contributed by atoms with Gasteiger partial charge in [-0.05, 0) is 44.2 Å². The predicted octanol–water partition coefficient (Wildman–Crippen LogP) is 3.48. The first-order valence-electron chi connectivity index (χ1n) is 6.19. The van der Waals surface area contributed by atoms with Gasteiger partial charge < -0.3 is 5.32 Å². The fourth-order valence-electron chi connectivity index (χ4n) is 1.93. The van der Waals surface area contributed by atoms with Crippen molar-refractivity contribution in [3.63, 3.8) is 0 Å². The molecule has 1 nitrogen and oxygen atoms in total. The first-order chi connectivity index (χ1) is 7.77. The number of nitrogens with one attached hydrogen (secondary N) is 1. The first-order valence-corrected chi connectivity index (χ1v) is 7.18. The fourth-order valence-corrected chi connectivity index (χ4v) is 2.84. The van der Waals surface area contributed by atoms with Crippen molar-refractivity contribution in [3.05, 3.63) is 29.8 Å². The Morgan fingerprint density at radius 2 is 2.12 bits per heavy atom. The molecule has 16 heavy (non-hydrogen) atoms. The summed E-state index contributed by atoms with van der Waals surface area (Å²) in [7, 11) is 0. The highest BCUT2D eigenvalue weighted by Gasteiger charge is 2.27. The normalized spacial score (nSPS) is 17.4. The Bertz CT molecular complexity index is 333. The van der Waals surface area contributed by atoms with Crippen LogP contribution in [0.3, 0.4) is 0 Å². The molecule has 1 aliphatic rings. The van der Waals surface area contributed by atoms with Gasteiger partial charge in [-0.1, -0.05) is 18.2 Å². The van der Waals surface area contributed by atoms with Gasteiger partial charge in [0.15, 0.2) is 0 Å². The van der Waals surface area contributed by atoms with E-state index in [9.17, 15) is 0 Å². The van der Waals surface area contributed by atoms with Crippen molar-refractivity contribution in [1.82, 2.24) is 5.32 Å². The fraction of sp³-hybridized carbons (Fsp3) is 0.571. The molecule has 1 unspecified atom stereocenters. The van der Waals surface area contributed by atoms with Crippen molar-refractivity contribution in [2.24, 2.45) is 5.92 Å². The van der Waals surface area contributed by atoms with Gasteiger partial charge in [0.1, 0.15) is 0 Å². The van der Waals surface area contributed by atoms with Crippen LogP contribution in [0.15, 0.2) is 29.2 Å². The van der Waals surface area contributed by atoms with E-state index in [0.717, 1.165) is 18.5 Å². The van der Waals surface area contributed by atoms with Crippen LogP contribution in [0, 0.1) is 12.8 Å². The average molecular weight is 235 g/mol. The van der Waals surface area contributed by atoms with Crippen molar-refractivity contribution in [2.45, 2.75) is 37.6 Å². The van der Waals surface area contributed by atoms with Gasteiger partial charge in [0, 0.05) is 23.2 Å². The summed E-state index contributed by atoms with van der Waals surface area (Å²) >= 11 is 1.96. The molecule has 0 saturated heterocycles. The summed E-state index contributed by atoms with van der Waals surface area (Å²) in [6.45, 7) is 5.62. The van der Waals surface area contributed by atoms with E-state index in [1.54, 1.807) is 0 Å². The molecule has 0 radical (unpaired) electrons. The van der Waals surface area contributed by atoms with Gasteiger partial charge in [-0.15, -0.1) is 11.8 Å². The molecule has 88 valence electrons. The summed E-state index contributed by atoms with van der Waals surface area (Å²) in [4.78, 5) is 1.42. The van der Waals surface area contributed by atoms with Crippen molar-refractivity contribution in [2.75, 3.05) is 12.3 Å². The second kappa shape index (κ2) is 5.74. The maximum Gasteiger partial charge on any atom is 0.0106 e. The standard InChI is InChI=1S/C14H21NS/c1-11-5-3-4-6-14(11)16-10-9-15-12(2)13-7-8-13/h3-6,12-13,15H,7-10H2,1-2H3. The Balaban J connectivity index is 1.66. The summed E-state index contributed by atoms with van der Waals surface area (Å²) in [5.74, 6) is 2.13. The number of benzene rings is 1. The molecule has 2 rings (SSSR count). The van der Waals surface area contributed by atoms with Gasteiger partial charge in [0.05, 0.1) is 0 Å². The lowest BCUT2D eigenvalue weighted by Crippen LogP contribution is -2.29. The monoisotopic (exact) mass is 235 g/mol. The third-order valence-corrected chi connectivity index (χ3v) is 4.43. The lowest BCUT2D eigenvalue weighted by Gasteiger charge is -2.12. The minimum Gasteiger partial charge on any atom is -0.313 e. The van der Waals surface area contributed by atoms with Gasteiger partial charge in [-0.3, -0.25) is 0 Å². The first kappa shape index (κ1) is 12.0. The summed E-state index contributed by atoms with van der Waals surface area (Å²) in [5, 5.41) is 3.61. The van der Waals surface area contributed by atoms with Crippen LogP contribution in [-0.2, 0) is 0 Å². The van der Waals surface area contributed by atoms with Crippen molar-refractivity contribution >= 4 is 11.8 Å². The molecule has 1 atom stereocenters. The lowest BCUT2D eigenvalue weighted by atomic mass is 10.2. The molecule has 1 aliphatic carbocycles. The number of aryl methyl sites for hydroxylation is 1. The molecular weight excluding hydrogens is 214 g/mol. The van der Waals surface area contributed by atoms with E-state index >= 15 is 0 Å². The van der Waals surface area contributed by atoms with Crippen LogP contribution in [0.1, 0.15) is 25.3 Å². The van der Waals surface area contributed by atoms with Crippen molar-refractivity contribution in [1.29, 1.82) is 0 Å². The summed E-state index contributed by atoms with van der Waals surface area (Å²) in [6, 6.07) is 9.34. The molecule has 0 aliphatic heterocycles. The third-order valence-electron chi connectivity index (χ3n) is 3.25. The van der Waals surface area contributed by atoms with Crippen LogP contribution in [0.5, 0.6) is 0 Å². The van der Waals surface area contributed by atoms with Gasteiger partial charge in [-0.25, -0.2) is 0 Å². The molecule has 0 heterocycles. The smallest absolute Gasteiger partial charge is 0.0106 e. The highest BCUT2D eigenvalue weighted by atomic mass is 32.2. The van der Waals surface area contributed by atoms with Crippen molar-refractivity contribution < 1.29 is 0 Å². The van der Waals surface area contributed by atoms with E-state index in [0.29, 0.717) is 0 Å². The third kappa shape index (κ3) is 3.53. The Labute approximate surface area is 103 Å². The Morgan fingerprint density at radius 3 is 2.81 bits per heavy atom. The van der Waals surface area contributed by atoms with Crippen LogP contribution in [0.25, 0.3) is 0 Å². The van der Waals surface area contributed by atoms with Crippen LogP contribution in [0.4, 0.5) is 0 Å². The van der Waals surface area contributed by atoms with Crippen LogP contribution >= 0.6 is 11.8 Å². The minimum absolute atomic E-state index is 0.720. The zero-order valence-corrected chi connectivity index (χ0v) is 11.0. The molecule has 1 fully saturated rings. The van der Waals surface area contributed by atoms with Crippen LogP contribution in [-0.4, -0.2) is 18.3 Å². The quantitative estimate of drug-likeness (QED) is 0.598. The van der Waals surface area contributed by atoms with Crippen LogP contribution in [0.2, 0.25) is 0 Å². The van der Waals surface area contributed by atoms with E-state index in [2.05, 4.69) is 43.4 Å². The highest BCUT2D eigenvalue weighted by Crippen LogP contribution is 2.32. The average Bonchev–Trinajstić information content (AvgIpc) is 3.10. The van der Waals surface area contributed by atoms with E-state index in [4.69, 9.17) is 0 Å². The SMILES string of the molecule is Cc1ccccc1SCCNC(C)C1CC1. The molecule has 0 spiro atoms. The van der Waals surface area contributed by atoms with E-state index in [1.807, 2.05) is 11.8 Å². The molecule has 1 aromatic carbocycles. The predicted molar refractivity (Wildman–Crippen MR) is 72.1 cm³/mol. The number of thioether (sulfide) groups is 1. The lowest BCUT2D eigenvalue weighted by molar-refractivity contribution is 0.514. The van der Waals surface area contributed by atoms with Gasteiger partial charge in [0.25, 0.3) is 0 Å². The molecule has 1 aromatic rings. The summed E-state index contributed by atoms with van der Waals surface area (Å²) < 4.78 is 0. The molecular formula is C14H21NS. The van der Waals surface area contributed by atoms with E-state index < -0.39 is 0 Å². The number of rotatable bonds is 6. The second-order valence-electron chi connectivity index (χ2n) is 4.69. The molecule has 0 bridgehead atoms. The van der Waals surface area contributed by atoms with E-state index in [1.165, 1.54) is 29.1 Å². The van der Waals surface area contributed by atoms with E-state index in [-0.39, 0.29) is 0 Å². The maximum absolute atomic E-state index is 3.61. The Morgan fingerprint density at radius 1 is 1.38 bits per heavy atom. The maximum atomic E-state index is 3.61. The largest absolute Gasteiger partial charge is 0.313 e. The molecule has 1 N–H and O–H groups in total. The van der Waals surface area contributed by atoms with Gasteiger partial charge in [0.2, 0.25) is 0 Å². The number of hydrogen-bond acceptors (Lipinski definition) is 2.